The van der Waals surface area contributed by atoms with Gasteiger partial charge in [0, 0.05) is 31.5 Å². The Balaban J connectivity index is 1.45. The Bertz CT molecular complexity index is 1120. The second kappa shape index (κ2) is 8.99. The summed E-state index contributed by atoms with van der Waals surface area (Å²) in [7, 11) is -3.57. The molecular formula is C20H21F3N4O3S2. The third kappa shape index (κ3) is 4.76. The van der Waals surface area contributed by atoms with Crippen molar-refractivity contribution in [2.24, 2.45) is 0 Å². The van der Waals surface area contributed by atoms with Crippen LogP contribution < -0.4 is 4.90 Å². The van der Waals surface area contributed by atoms with Crippen LogP contribution in [-0.2, 0) is 27.4 Å². The molecule has 32 heavy (non-hydrogen) atoms. The Labute approximate surface area is 188 Å². The number of sulfonamides is 1. The molecule has 2 aromatic rings. The minimum atomic E-state index is -4.58. The monoisotopic (exact) mass is 486 g/mol. The number of fused-ring (bicyclic) bond motifs is 1. The maximum atomic E-state index is 12.9. The van der Waals surface area contributed by atoms with E-state index in [0.717, 1.165) is 48.9 Å². The molecule has 1 saturated heterocycles. The number of piperidine rings is 1. The standard InChI is InChI=1S/C20H21F3N4O3S2/c21-20(22,23)17-6-8-24-19(25-17)31-13-18(28)27-11-7-14-12-15(4-5-16(14)27)32(29,30)26-9-2-1-3-10-26/h4-6,8,12H,1-3,7,9-11,13H2. The fourth-order valence-corrected chi connectivity index (χ4v) is 6.10. The normalized spacial score (nSPS) is 17.4. The van der Waals surface area contributed by atoms with Crippen molar-refractivity contribution in [2.45, 2.75) is 41.9 Å². The van der Waals surface area contributed by atoms with Gasteiger partial charge in [0.05, 0.1) is 10.6 Å². The lowest BCUT2D eigenvalue weighted by Crippen LogP contribution is -2.35. The number of carbonyl (C=O) groups excluding carboxylic acids is 1. The Hall–Kier alpha value is -2.18. The molecule has 4 rings (SSSR count). The van der Waals surface area contributed by atoms with Crippen molar-refractivity contribution >= 4 is 33.4 Å². The third-order valence-corrected chi connectivity index (χ3v) is 8.19. The van der Waals surface area contributed by atoms with Gasteiger partial charge in [0.2, 0.25) is 15.9 Å². The largest absolute Gasteiger partial charge is 0.433 e. The lowest BCUT2D eigenvalue weighted by molar-refractivity contribution is -0.141. The summed E-state index contributed by atoms with van der Waals surface area (Å²) in [6, 6.07) is 5.54. The number of nitrogens with zero attached hydrogens (tertiary/aromatic N) is 4. The molecule has 7 nitrogen and oxygen atoms in total. The zero-order chi connectivity index (χ0) is 22.9. The Kier molecular flexibility index (Phi) is 6.46. The van der Waals surface area contributed by atoms with Crippen molar-refractivity contribution in [3.05, 3.63) is 41.7 Å². The van der Waals surface area contributed by atoms with Gasteiger partial charge in [-0.1, -0.05) is 18.2 Å². The first kappa shape index (κ1) is 23.0. The number of halogens is 3. The van der Waals surface area contributed by atoms with Crippen LogP contribution in [0.4, 0.5) is 18.9 Å². The molecule has 1 aromatic carbocycles. The molecule has 0 atom stereocenters. The van der Waals surface area contributed by atoms with Crippen LogP contribution in [0.2, 0.25) is 0 Å². The zero-order valence-electron chi connectivity index (χ0n) is 17.0. The van der Waals surface area contributed by atoms with Gasteiger partial charge in [-0.05, 0) is 49.1 Å². The summed E-state index contributed by atoms with van der Waals surface area (Å²) in [6.07, 6.45) is -0.341. The van der Waals surface area contributed by atoms with Crippen molar-refractivity contribution in [1.82, 2.24) is 14.3 Å². The van der Waals surface area contributed by atoms with Crippen molar-refractivity contribution in [2.75, 3.05) is 30.3 Å². The molecular weight excluding hydrogens is 465 g/mol. The summed E-state index contributed by atoms with van der Waals surface area (Å²) in [5.74, 6) is -0.435. The van der Waals surface area contributed by atoms with Crippen LogP contribution in [0.1, 0.15) is 30.5 Å². The number of hydrogen-bond acceptors (Lipinski definition) is 6. The number of amides is 1. The van der Waals surface area contributed by atoms with Gasteiger partial charge >= 0.3 is 6.18 Å². The molecule has 2 aliphatic heterocycles. The van der Waals surface area contributed by atoms with Gasteiger partial charge in [-0.3, -0.25) is 4.79 Å². The van der Waals surface area contributed by atoms with Crippen LogP contribution in [-0.4, -0.2) is 54.0 Å². The predicted molar refractivity (Wildman–Crippen MR) is 113 cm³/mol. The van der Waals surface area contributed by atoms with Crippen LogP contribution >= 0.6 is 11.8 Å². The Morgan fingerprint density at radius 1 is 1.09 bits per heavy atom. The van der Waals surface area contributed by atoms with E-state index in [-0.39, 0.29) is 21.7 Å². The summed E-state index contributed by atoms with van der Waals surface area (Å²) in [6.45, 7) is 1.41. The maximum absolute atomic E-state index is 12.9. The van der Waals surface area contributed by atoms with Gasteiger partial charge in [-0.25, -0.2) is 18.4 Å². The molecule has 2 aliphatic rings. The summed E-state index contributed by atoms with van der Waals surface area (Å²) in [5, 5.41) is -0.129. The predicted octanol–water partition coefficient (Wildman–Crippen LogP) is 3.35. The van der Waals surface area contributed by atoms with E-state index in [9.17, 15) is 26.4 Å². The van der Waals surface area contributed by atoms with Gasteiger partial charge in [-0.15, -0.1) is 0 Å². The van der Waals surface area contributed by atoms with Gasteiger partial charge in [-0.2, -0.15) is 17.5 Å². The number of carbonyl (C=O) groups is 1. The van der Waals surface area contributed by atoms with Crippen LogP contribution in [0.3, 0.4) is 0 Å². The van der Waals surface area contributed by atoms with E-state index in [1.54, 1.807) is 12.1 Å². The highest BCUT2D eigenvalue weighted by molar-refractivity contribution is 7.99. The molecule has 1 amide bonds. The first-order valence-corrected chi connectivity index (χ1v) is 12.6. The molecule has 0 spiro atoms. The van der Waals surface area contributed by atoms with Crippen LogP contribution in [0, 0.1) is 0 Å². The highest BCUT2D eigenvalue weighted by atomic mass is 32.2. The lowest BCUT2D eigenvalue weighted by atomic mass is 10.2. The van der Waals surface area contributed by atoms with Crippen molar-refractivity contribution in [3.63, 3.8) is 0 Å². The molecule has 0 N–H and O–H groups in total. The van der Waals surface area contributed by atoms with Crippen molar-refractivity contribution in [1.29, 1.82) is 0 Å². The average Bonchev–Trinajstić information content (AvgIpc) is 3.21. The maximum Gasteiger partial charge on any atom is 0.433 e. The molecule has 3 heterocycles. The molecule has 0 aliphatic carbocycles. The van der Waals surface area contributed by atoms with E-state index >= 15 is 0 Å². The highest BCUT2D eigenvalue weighted by Gasteiger charge is 2.33. The smallest absolute Gasteiger partial charge is 0.311 e. The number of hydrogen-bond donors (Lipinski definition) is 0. The third-order valence-electron chi connectivity index (χ3n) is 5.45. The van der Waals surface area contributed by atoms with Gasteiger partial charge in [0.25, 0.3) is 0 Å². The van der Waals surface area contributed by atoms with Crippen molar-refractivity contribution in [3.8, 4) is 0 Å². The first-order valence-electron chi connectivity index (χ1n) is 10.1. The summed E-state index contributed by atoms with van der Waals surface area (Å²) in [4.78, 5) is 21.7. The number of rotatable bonds is 5. The van der Waals surface area contributed by atoms with Crippen molar-refractivity contribution < 1.29 is 26.4 Å². The molecule has 1 fully saturated rings. The van der Waals surface area contributed by atoms with E-state index in [1.165, 1.54) is 15.3 Å². The lowest BCUT2D eigenvalue weighted by Gasteiger charge is -2.26. The summed E-state index contributed by atoms with van der Waals surface area (Å²) < 4.78 is 65.7. The Morgan fingerprint density at radius 2 is 1.84 bits per heavy atom. The van der Waals surface area contributed by atoms with Gasteiger partial charge in [0.1, 0.15) is 5.69 Å². The van der Waals surface area contributed by atoms with E-state index in [0.29, 0.717) is 31.7 Å². The first-order chi connectivity index (χ1) is 15.2. The van der Waals surface area contributed by atoms with E-state index in [4.69, 9.17) is 0 Å². The van der Waals surface area contributed by atoms with E-state index < -0.39 is 21.9 Å². The zero-order valence-corrected chi connectivity index (χ0v) is 18.6. The minimum Gasteiger partial charge on any atom is -0.311 e. The second-order valence-corrected chi connectivity index (χ2v) is 10.4. The number of aromatic nitrogens is 2. The summed E-state index contributed by atoms with van der Waals surface area (Å²) >= 11 is 0.831. The summed E-state index contributed by atoms with van der Waals surface area (Å²) in [5.41, 5.74) is 0.325. The molecule has 1 aromatic heterocycles. The molecule has 172 valence electrons. The van der Waals surface area contributed by atoms with E-state index in [2.05, 4.69) is 9.97 Å². The highest BCUT2D eigenvalue weighted by Crippen LogP contribution is 2.33. The molecule has 0 bridgehead atoms. The molecule has 0 saturated carbocycles. The topological polar surface area (TPSA) is 83.5 Å². The fourth-order valence-electron chi connectivity index (χ4n) is 3.82. The number of anilines is 1. The number of alkyl halides is 3. The van der Waals surface area contributed by atoms with Crippen LogP contribution in [0.25, 0.3) is 0 Å². The SMILES string of the molecule is O=C(CSc1nccc(C(F)(F)F)n1)N1CCc2cc(S(=O)(=O)N3CCCCC3)ccc21. The molecule has 12 heteroatoms. The van der Waals surface area contributed by atoms with Gasteiger partial charge < -0.3 is 4.90 Å². The molecule has 0 unspecified atom stereocenters. The quantitative estimate of drug-likeness (QED) is 0.476. The number of benzene rings is 1. The Morgan fingerprint density at radius 3 is 2.56 bits per heavy atom. The van der Waals surface area contributed by atoms with Crippen LogP contribution in [0.15, 0.2) is 40.5 Å². The fraction of sp³-hybridized carbons (Fsp3) is 0.450. The van der Waals surface area contributed by atoms with E-state index in [1.807, 2.05) is 0 Å². The molecule has 0 radical (unpaired) electrons. The second-order valence-electron chi connectivity index (χ2n) is 7.56. The van der Waals surface area contributed by atoms with Crippen LogP contribution in [0.5, 0.6) is 0 Å². The minimum absolute atomic E-state index is 0.129. The number of thioether (sulfide) groups is 1. The average molecular weight is 487 g/mol. The van der Waals surface area contributed by atoms with Gasteiger partial charge in [0.15, 0.2) is 5.16 Å².